The zero-order valence-corrected chi connectivity index (χ0v) is 3.95. The van der Waals surface area contributed by atoms with Gasteiger partial charge in [-0.3, -0.25) is 0 Å². The third-order valence-electron chi connectivity index (χ3n) is 0. The summed E-state index contributed by atoms with van der Waals surface area (Å²) >= 11 is 0. The van der Waals surface area contributed by atoms with Gasteiger partial charge in [-0.15, -0.1) is 0 Å². The van der Waals surface area contributed by atoms with E-state index in [1.165, 1.54) is 0 Å². The largest absolute Gasteiger partial charge is 0.248 e. The highest BCUT2D eigenvalue weighted by atomic mass is 32.1. The minimum absolute atomic E-state index is 0. The molecular weight excluding hydrogens is 70.1 g/mol. The molecular formula is C2H8NS. The lowest BCUT2D eigenvalue weighted by molar-refractivity contribution is 0.996. The summed E-state index contributed by atoms with van der Waals surface area (Å²) in [6.07, 6.45) is 0. The van der Waals surface area contributed by atoms with Crippen molar-refractivity contribution in [1.82, 2.24) is 5.32 Å². The van der Waals surface area contributed by atoms with E-state index in [-0.39, 0.29) is 13.5 Å². The molecule has 0 heterocycles. The maximum Gasteiger partial charge on any atom is 0.00151 e. The average molecular weight is 78.2 g/mol. The molecule has 0 saturated carbocycles. The monoisotopic (exact) mass is 78.0 g/mol. The van der Waals surface area contributed by atoms with Gasteiger partial charge in [0.2, 0.25) is 0 Å². The summed E-state index contributed by atoms with van der Waals surface area (Å²) in [6, 6.07) is 0. The number of hydrogen-bond donors (Lipinski definition) is 0. The summed E-state index contributed by atoms with van der Waals surface area (Å²) in [6.45, 7) is 0. The van der Waals surface area contributed by atoms with Crippen LogP contribution in [0.15, 0.2) is 0 Å². The van der Waals surface area contributed by atoms with E-state index in [2.05, 4.69) is 5.32 Å². The van der Waals surface area contributed by atoms with Gasteiger partial charge in [0.05, 0.1) is 0 Å². The molecule has 0 aromatic heterocycles. The molecule has 0 bridgehead atoms. The van der Waals surface area contributed by atoms with Crippen LogP contribution in [0.3, 0.4) is 0 Å². The molecule has 27 valence electrons. The Morgan fingerprint density at radius 3 is 1.25 bits per heavy atom. The Kier molecular flexibility index (Phi) is 22.8. The number of nitrogens with zero attached hydrogens (tertiary/aromatic N) is 1. The first-order chi connectivity index (χ1) is 1.41. The third kappa shape index (κ3) is 41.3. The minimum atomic E-state index is 0. The lowest BCUT2D eigenvalue weighted by Crippen LogP contribution is -1.76. The van der Waals surface area contributed by atoms with E-state index >= 15 is 0 Å². The fraction of sp³-hybridized carbons (Fsp3) is 1.00. The van der Waals surface area contributed by atoms with E-state index in [4.69, 9.17) is 0 Å². The second kappa shape index (κ2) is 10.3. The Morgan fingerprint density at radius 2 is 1.25 bits per heavy atom. The zero-order valence-electron chi connectivity index (χ0n) is 2.95. The van der Waals surface area contributed by atoms with Crippen LogP contribution in [-0.4, -0.2) is 14.1 Å². The Morgan fingerprint density at radius 1 is 1.25 bits per heavy atom. The number of rotatable bonds is 0. The van der Waals surface area contributed by atoms with E-state index in [1.807, 2.05) is 0 Å². The van der Waals surface area contributed by atoms with Crippen LogP contribution in [0.5, 0.6) is 0 Å². The molecule has 0 rings (SSSR count). The standard InChI is InChI=1S/C2H6N.H2S/c1-3-2;/h1-2H3;1H2. The van der Waals surface area contributed by atoms with Gasteiger partial charge in [-0.1, -0.05) is 0 Å². The Bertz CT molecular complexity index is 6.00. The molecule has 0 aliphatic carbocycles. The van der Waals surface area contributed by atoms with Crippen molar-refractivity contribution in [1.29, 1.82) is 0 Å². The summed E-state index contributed by atoms with van der Waals surface area (Å²) in [5.74, 6) is 0. The molecule has 4 heavy (non-hydrogen) atoms. The third-order valence-corrected chi connectivity index (χ3v) is 0. The molecule has 0 aliphatic rings. The maximum absolute atomic E-state index is 3.50. The molecule has 0 atom stereocenters. The van der Waals surface area contributed by atoms with Gasteiger partial charge in [0.15, 0.2) is 0 Å². The molecule has 0 aliphatic heterocycles. The first-order valence-electron chi connectivity index (χ1n) is 0.894. The van der Waals surface area contributed by atoms with Crippen LogP contribution < -0.4 is 5.32 Å². The molecule has 0 aromatic carbocycles. The van der Waals surface area contributed by atoms with Crippen LogP contribution in [0.25, 0.3) is 0 Å². The second-order valence-corrected chi connectivity index (χ2v) is 0.447. The predicted octanol–water partition coefficient (Wildman–Crippen LogP) is -0.0368. The van der Waals surface area contributed by atoms with Crippen molar-refractivity contribution in [2.45, 2.75) is 0 Å². The van der Waals surface area contributed by atoms with Crippen molar-refractivity contribution in [2.75, 3.05) is 14.1 Å². The quantitative estimate of drug-likeness (QED) is 0.386. The van der Waals surface area contributed by atoms with Crippen LogP contribution in [0.2, 0.25) is 0 Å². The first kappa shape index (κ1) is 8.85. The summed E-state index contributed by atoms with van der Waals surface area (Å²) in [5, 5.41) is 3.50. The smallest absolute Gasteiger partial charge is 0.00151 e. The van der Waals surface area contributed by atoms with E-state index in [9.17, 15) is 0 Å². The molecule has 1 nitrogen and oxygen atoms in total. The molecule has 0 aromatic rings. The molecule has 0 unspecified atom stereocenters. The Balaban J connectivity index is 0. The fourth-order valence-electron chi connectivity index (χ4n) is 0. The Hall–Kier alpha value is 0.310. The van der Waals surface area contributed by atoms with Crippen molar-refractivity contribution in [3.05, 3.63) is 0 Å². The topological polar surface area (TPSA) is 14.1 Å². The van der Waals surface area contributed by atoms with Crippen LogP contribution >= 0.6 is 13.5 Å². The van der Waals surface area contributed by atoms with Crippen LogP contribution in [-0.2, 0) is 0 Å². The second-order valence-electron chi connectivity index (χ2n) is 0.447. The highest BCUT2D eigenvalue weighted by molar-refractivity contribution is 7.59. The Labute approximate surface area is 33.8 Å². The minimum Gasteiger partial charge on any atom is -0.248 e. The highest BCUT2D eigenvalue weighted by Gasteiger charge is 1.30. The van der Waals surface area contributed by atoms with Gasteiger partial charge in [-0.2, -0.15) is 13.5 Å². The summed E-state index contributed by atoms with van der Waals surface area (Å²) < 4.78 is 0. The lowest BCUT2D eigenvalue weighted by atomic mass is 11.3. The van der Waals surface area contributed by atoms with Gasteiger partial charge in [0.1, 0.15) is 0 Å². The fourth-order valence-corrected chi connectivity index (χ4v) is 0. The highest BCUT2D eigenvalue weighted by Crippen LogP contribution is 1.08. The van der Waals surface area contributed by atoms with E-state index < -0.39 is 0 Å². The van der Waals surface area contributed by atoms with Gasteiger partial charge in [0, 0.05) is 14.1 Å². The van der Waals surface area contributed by atoms with Crippen molar-refractivity contribution in [3.8, 4) is 0 Å². The molecule has 0 amide bonds. The SMILES string of the molecule is C[N]C.S. The van der Waals surface area contributed by atoms with Crippen LogP contribution in [0.4, 0.5) is 0 Å². The van der Waals surface area contributed by atoms with E-state index in [1.54, 1.807) is 14.1 Å². The summed E-state index contributed by atoms with van der Waals surface area (Å²) in [5.41, 5.74) is 0. The molecule has 1 radical (unpaired) electrons. The van der Waals surface area contributed by atoms with Gasteiger partial charge < -0.3 is 0 Å². The van der Waals surface area contributed by atoms with Crippen LogP contribution in [0.1, 0.15) is 0 Å². The molecule has 0 fully saturated rings. The molecule has 0 N–H and O–H groups in total. The van der Waals surface area contributed by atoms with Gasteiger partial charge >= 0.3 is 0 Å². The van der Waals surface area contributed by atoms with Crippen molar-refractivity contribution in [2.24, 2.45) is 0 Å². The van der Waals surface area contributed by atoms with Crippen molar-refractivity contribution < 1.29 is 0 Å². The van der Waals surface area contributed by atoms with Gasteiger partial charge in [-0.25, -0.2) is 5.32 Å². The normalized spacial score (nSPS) is 4.50. The van der Waals surface area contributed by atoms with Gasteiger partial charge in [0.25, 0.3) is 0 Å². The zero-order chi connectivity index (χ0) is 2.71. The molecule has 2 heteroatoms. The predicted molar refractivity (Wildman–Crippen MR) is 24.4 cm³/mol. The van der Waals surface area contributed by atoms with Crippen molar-refractivity contribution in [3.63, 3.8) is 0 Å². The van der Waals surface area contributed by atoms with E-state index in [0.29, 0.717) is 0 Å². The maximum atomic E-state index is 3.50. The number of hydrogen-bond acceptors (Lipinski definition) is 0. The van der Waals surface area contributed by atoms with Crippen molar-refractivity contribution >= 4 is 13.5 Å². The lowest BCUT2D eigenvalue weighted by Gasteiger charge is -1.54. The van der Waals surface area contributed by atoms with E-state index in [0.717, 1.165) is 0 Å². The summed E-state index contributed by atoms with van der Waals surface area (Å²) in [7, 11) is 3.50. The first-order valence-corrected chi connectivity index (χ1v) is 0.894. The summed E-state index contributed by atoms with van der Waals surface area (Å²) in [4.78, 5) is 0. The van der Waals surface area contributed by atoms with Gasteiger partial charge in [-0.05, 0) is 0 Å². The average Bonchev–Trinajstić information content (AvgIpc) is 0.918. The molecule has 0 spiro atoms. The van der Waals surface area contributed by atoms with Crippen LogP contribution in [0, 0.1) is 0 Å². The molecule has 0 saturated heterocycles.